The van der Waals surface area contributed by atoms with E-state index in [4.69, 9.17) is 0 Å². The molecule has 104 valence electrons. The van der Waals surface area contributed by atoms with Gasteiger partial charge in [-0.15, -0.1) is 0 Å². The molecular formula is C14H27N3O. The molecule has 2 unspecified atom stereocenters. The lowest BCUT2D eigenvalue weighted by atomic mass is 10.1. The third-order valence-electron chi connectivity index (χ3n) is 4.02. The highest BCUT2D eigenvalue weighted by atomic mass is 16.2. The first-order valence-corrected chi connectivity index (χ1v) is 7.38. The first kappa shape index (κ1) is 13.8. The third kappa shape index (κ3) is 4.25. The Labute approximate surface area is 110 Å². The Bertz CT molecular complexity index is 280. The van der Waals surface area contributed by atoms with Gasteiger partial charge in [0, 0.05) is 31.7 Å². The Hall–Kier alpha value is -0.610. The van der Waals surface area contributed by atoms with Crippen LogP contribution < -0.4 is 10.6 Å². The molecular weight excluding hydrogens is 226 g/mol. The quantitative estimate of drug-likeness (QED) is 0.767. The molecule has 18 heavy (non-hydrogen) atoms. The molecule has 0 saturated carbocycles. The first-order valence-electron chi connectivity index (χ1n) is 7.38. The van der Waals surface area contributed by atoms with Crippen molar-refractivity contribution in [3.8, 4) is 0 Å². The van der Waals surface area contributed by atoms with Crippen molar-refractivity contribution in [2.24, 2.45) is 5.92 Å². The van der Waals surface area contributed by atoms with E-state index in [1.165, 1.54) is 19.3 Å². The van der Waals surface area contributed by atoms with Gasteiger partial charge in [0.25, 0.3) is 0 Å². The molecule has 0 aromatic carbocycles. The summed E-state index contributed by atoms with van der Waals surface area (Å²) < 4.78 is 0. The molecule has 4 nitrogen and oxygen atoms in total. The molecule has 2 bridgehead atoms. The monoisotopic (exact) mass is 253 g/mol. The van der Waals surface area contributed by atoms with Gasteiger partial charge in [0.15, 0.2) is 0 Å². The molecule has 2 saturated heterocycles. The van der Waals surface area contributed by atoms with E-state index in [-0.39, 0.29) is 5.91 Å². The predicted molar refractivity (Wildman–Crippen MR) is 73.5 cm³/mol. The number of carbonyl (C=O) groups excluding carboxylic acids is 1. The molecule has 1 amide bonds. The van der Waals surface area contributed by atoms with Gasteiger partial charge in [-0.2, -0.15) is 0 Å². The maximum Gasteiger partial charge on any atom is 0.234 e. The molecule has 2 fully saturated rings. The number of rotatable bonds is 5. The summed E-state index contributed by atoms with van der Waals surface area (Å²) in [6.45, 7) is 7.85. The number of hydrogen-bond donors (Lipinski definition) is 2. The van der Waals surface area contributed by atoms with Crippen LogP contribution in [0.5, 0.6) is 0 Å². The van der Waals surface area contributed by atoms with E-state index in [1.54, 1.807) is 0 Å². The van der Waals surface area contributed by atoms with Crippen LogP contribution in [0.1, 0.15) is 39.5 Å². The molecule has 4 heteroatoms. The van der Waals surface area contributed by atoms with Gasteiger partial charge in [0.1, 0.15) is 0 Å². The zero-order valence-electron chi connectivity index (χ0n) is 11.7. The van der Waals surface area contributed by atoms with Gasteiger partial charge in [-0.3, -0.25) is 9.69 Å². The van der Waals surface area contributed by atoms with Crippen LogP contribution in [0.4, 0.5) is 0 Å². The second kappa shape index (κ2) is 6.53. The Balaban J connectivity index is 1.67. The zero-order valence-corrected chi connectivity index (χ0v) is 11.7. The van der Waals surface area contributed by atoms with Gasteiger partial charge in [0.2, 0.25) is 5.91 Å². The van der Waals surface area contributed by atoms with Crippen LogP contribution in [0.25, 0.3) is 0 Å². The van der Waals surface area contributed by atoms with Gasteiger partial charge in [-0.05, 0) is 31.6 Å². The lowest BCUT2D eigenvalue weighted by molar-refractivity contribution is -0.122. The highest BCUT2D eigenvalue weighted by Gasteiger charge is 2.29. The second-order valence-electron chi connectivity index (χ2n) is 6.19. The van der Waals surface area contributed by atoms with E-state index in [1.807, 2.05) is 0 Å². The van der Waals surface area contributed by atoms with Gasteiger partial charge in [0.05, 0.1) is 6.54 Å². The molecule has 2 atom stereocenters. The first-order chi connectivity index (χ1) is 8.63. The maximum absolute atomic E-state index is 11.8. The largest absolute Gasteiger partial charge is 0.355 e. The zero-order chi connectivity index (χ0) is 13.0. The van der Waals surface area contributed by atoms with Crippen LogP contribution in [-0.2, 0) is 4.79 Å². The number of carbonyl (C=O) groups is 1. The summed E-state index contributed by atoms with van der Waals surface area (Å²) >= 11 is 0. The van der Waals surface area contributed by atoms with Crippen LogP contribution >= 0.6 is 0 Å². The Morgan fingerprint density at radius 1 is 1.33 bits per heavy atom. The fourth-order valence-electron chi connectivity index (χ4n) is 2.92. The van der Waals surface area contributed by atoms with Crippen LogP contribution in [0.2, 0.25) is 0 Å². The minimum atomic E-state index is 0.188. The summed E-state index contributed by atoms with van der Waals surface area (Å²) in [4.78, 5) is 14.1. The fourth-order valence-corrected chi connectivity index (χ4v) is 2.92. The standard InChI is InChI=1S/C14H27N3O/c1-11(2)5-7-15-14(18)10-17-8-6-12-3-4-13(9-17)16-12/h11-13,16H,3-10H2,1-2H3,(H,15,18). The molecule has 0 aromatic rings. The van der Waals surface area contributed by atoms with Crippen molar-refractivity contribution in [2.45, 2.75) is 51.6 Å². The molecule has 0 radical (unpaired) electrons. The van der Waals surface area contributed by atoms with E-state index in [9.17, 15) is 4.79 Å². The average molecular weight is 253 g/mol. The fraction of sp³-hybridized carbons (Fsp3) is 0.929. The summed E-state index contributed by atoms with van der Waals surface area (Å²) in [5.41, 5.74) is 0. The van der Waals surface area contributed by atoms with E-state index < -0.39 is 0 Å². The predicted octanol–water partition coefficient (Wildman–Crippen LogP) is 0.975. The van der Waals surface area contributed by atoms with E-state index in [2.05, 4.69) is 29.4 Å². The molecule has 2 heterocycles. The molecule has 2 N–H and O–H groups in total. The summed E-state index contributed by atoms with van der Waals surface area (Å²) in [7, 11) is 0. The highest BCUT2D eigenvalue weighted by molar-refractivity contribution is 5.77. The molecule has 2 rings (SSSR count). The van der Waals surface area contributed by atoms with Crippen molar-refractivity contribution in [1.29, 1.82) is 0 Å². The topological polar surface area (TPSA) is 44.4 Å². The van der Waals surface area contributed by atoms with Crippen molar-refractivity contribution in [2.75, 3.05) is 26.2 Å². The summed E-state index contributed by atoms with van der Waals surface area (Å²) in [6, 6.07) is 1.31. The number of nitrogens with one attached hydrogen (secondary N) is 2. The lowest BCUT2D eigenvalue weighted by Crippen LogP contribution is -2.42. The maximum atomic E-state index is 11.8. The van der Waals surface area contributed by atoms with Gasteiger partial charge in [-0.1, -0.05) is 13.8 Å². The van der Waals surface area contributed by atoms with Gasteiger partial charge >= 0.3 is 0 Å². The molecule has 2 aliphatic rings. The van der Waals surface area contributed by atoms with E-state index in [0.29, 0.717) is 24.5 Å². The second-order valence-corrected chi connectivity index (χ2v) is 6.19. The number of amides is 1. The van der Waals surface area contributed by atoms with Crippen molar-refractivity contribution >= 4 is 5.91 Å². The Morgan fingerprint density at radius 3 is 2.89 bits per heavy atom. The van der Waals surface area contributed by atoms with Crippen molar-refractivity contribution < 1.29 is 4.79 Å². The van der Waals surface area contributed by atoms with Crippen LogP contribution in [-0.4, -0.2) is 49.1 Å². The highest BCUT2D eigenvalue weighted by Crippen LogP contribution is 2.19. The number of likely N-dealkylation sites (tertiary alicyclic amines) is 1. The van der Waals surface area contributed by atoms with Crippen LogP contribution in [0.15, 0.2) is 0 Å². The van der Waals surface area contributed by atoms with Gasteiger partial charge < -0.3 is 10.6 Å². The van der Waals surface area contributed by atoms with Crippen molar-refractivity contribution in [1.82, 2.24) is 15.5 Å². The minimum Gasteiger partial charge on any atom is -0.355 e. The number of hydrogen-bond acceptors (Lipinski definition) is 3. The number of nitrogens with zero attached hydrogens (tertiary/aromatic N) is 1. The molecule has 0 aliphatic carbocycles. The molecule has 0 aromatic heterocycles. The SMILES string of the molecule is CC(C)CCNC(=O)CN1CCC2CCC(C1)N2. The summed E-state index contributed by atoms with van der Waals surface area (Å²) in [5, 5.41) is 6.67. The Kier molecular flexibility index (Phi) is 5.01. The normalized spacial score (nSPS) is 28.4. The van der Waals surface area contributed by atoms with Crippen molar-refractivity contribution in [3.05, 3.63) is 0 Å². The van der Waals surface area contributed by atoms with E-state index in [0.717, 1.165) is 26.1 Å². The Morgan fingerprint density at radius 2 is 2.11 bits per heavy atom. The van der Waals surface area contributed by atoms with Gasteiger partial charge in [-0.25, -0.2) is 0 Å². The lowest BCUT2D eigenvalue weighted by Gasteiger charge is -2.23. The van der Waals surface area contributed by atoms with Crippen LogP contribution in [0.3, 0.4) is 0 Å². The summed E-state index contributed by atoms with van der Waals surface area (Å²) in [6.07, 6.45) is 4.85. The number of fused-ring (bicyclic) bond motifs is 2. The summed E-state index contributed by atoms with van der Waals surface area (Å²) in [5.74, 6) is 0.844. The van der Waals surface area contributed by atoms with E-state index >= 15 is 0 Å². The molecule has 0 spiro atoms. The average Bonchev–Trinajstić information content (AvgIpc) is 2.62. The third-order valence-corrected chi connectivity index (χ3v) is 4.02. The van der Waals surface area contributed by atoms with Crippen molar-refractivity contribution in [3.63, 3.8) is 0 Å². The smallest absolute Gasteiger partial charge is 0.234 e. The van der Waals surface area contributed by atoms with Crippen LogP contribution in [0, 0.1) is 5.92 Å². The minimum absolute atomic E-state index is 0.188. The molecule has 2 aliphatic heterocycles.